The summed E-state index contributed by atoms with van der Waals surface area (Å²) in [5.41, 5.74) is 1.29. The van der Waals surface area contributed by atoms with Gasteiger partial charge in [-0.05, 0) is 113 Å². The summed E-state index contributed by atoms with van der Waals surface area (Å²) >= 11 is 10.0. The molecule has 1 aromatic carbocycles. The van der Waals surface area contributed by atoms with Crippen molar-refractivity contribution in [3.63, 3.8) is 0 Å². The number of halogens is 2. The minimum Gasteiger partial charge on any atom is -0.487 e. The van der Waals surface area contributed by atoms with Crippen molar-refractivity contribution in [3.05, 3.63) is 62.8 Å². The van der Waals surface area contributed by atoms with Crippen molar-refractivity contribution in [1.82, 2.24) is 4.98 Å². The Morgan fingerprint density at radius 2 is 1.45 bits per heavy atom. The van der Waals surface area contributed by atoms with Gasteiger partial charge in [0.15, 0.2) is 0 Å². The number of nitrogens with zero attached hydrogens (tertiary/aromatic N) is 1. The SMILES string of the molecule is CC/C(B1OC(C)(C)C(C)(C)O1)=C(\B1OC(C)(C)C(C)(C)O1)c1ccc(Cl)cc1OCc1ncccc1Br. The van der Waals surface area contributed by atoms with Gasteiger partial charge in [0.2, 0.25) is 0 Å². The molecule has 2 aliphatic rings. The number of allylic oxidation sites excluding steroid dienone is 1. The summed E-state index contributed by atoms with van der Waals surface area (Å²) in [5, 5.41) is 0.561. The largest absolute Gasteiger partial charge is 0.494 e. The third kappa shape index (κ3) is 5.61. The van der Waals surface area contributed by atoms with Crippen LogP contribution in [0.15, 0.2) is 46.5 Å². The van der Waals surface area contributed by atoms with Crippen LogP contribution >= 0.6 is 27.5 Å². The van der Waals surface area contributed by atoms with Crippen LogP contribution in [0.1, 0.15) is 80.0 Å². The van der Waals surface area contributed by atoms with Gasteiger partial charge in [-0.1, -0.05) is 24.6 Å². The number of rotatable bonds is 7. The van der Waals surface area contributed by atoms with Crippen molar-refractivity contribution >= 4 is 47.2 Å². The quantitative estimate of drug-likeness (QED) is 0.305. The van der Waals surface area contributed by atoms with Crippen molar-refractivity contribution in [2.24, 2.45) is 0 Å². The van der Waals surface area contributed by atoms with Crippen LogP contribution in [0.5, 0.6) is 5.75 Å². The second kappa shape index (κ2) is 10.6. The molecule has 0 radical (unpaired) electrons. The van der Waals surface area contributed by atoms with Crippen molar-refractivity contribution in [2.45, 2.75) is 97.7 Å². The third-order valence-electron chi connectivity index (χ3n) is 8.19. The molecule has 1 aromatic heterocycles. The first-order valence-electron chi connectivity index (χ1n) is 13.0. The lowest BCUT2D eigenvalue weighted by atomic mass is 9.61. The predicted octanol–water partition coefficient (Wildman–Crippen LogP) is 7.50. The average molecular weight is 605 g/mol. The molecule has 0 amide bonds. The van der Waals surface area contributed by atoms with Gasteiger partial charge in [0.05, 0.1) is 28.1 Å². The molecule has 0 N–H and O–H groups in total. The predicted molar refractivity (Wildman–Crippen MR) is 157 cm³/mol. The Labute approximate surface area is 241 Å². The molecule has 6 nitrogen and oxygen atoms in total. The summed E-state index contributed by atoms with van der Waals surface area (Å²) in [5.74, 6) is 0.599. The summed E-state index contributed by atoms with van der Waals surface area (Å²) in [6, 6.07) is 9.43. The zero-order valence-electron chi connectivity index (χ0n) is 23.8. The highest BCUT2D eigenvalue weighted by molar-refractivity contribution is 9.10. The van der Waals surface area contributed by atoms with Crippen LogP contribution < -0.4 is 4.74 Å². The van der Waals surface area contributed by atoms with E-state index in [0.29, 0.717) is 17.2 Å². The standard InChI is InChI=1S/C28H37B2BrClNO5/c1-10-20(29-35-25(2,3)26(4,5)36-29)24(30-37-27(6,7)28(8,9)38-30)19-14-13-18(32)16-23(19)34-17-22-21(31)12-11-15-33-22/h11-16H,10,17H2,1-9H3/b24-20+. The fraction of sp³-hybridized carbons (Fsp3) is 0.536. The van der Waals surface area contributed by atoms with E-state index >= 15 is 0 Å². The second-order valence-corrected chi connectivity index (χ2v) is 13.1. The van der Waals surface area contributed by atoms with Gasteiger partial charge in [-0.2, -0.15) is 0 Å². The maximum Gasteiger partial charge on any atom is 0.494 e. The Morgan fingerprint density at radius 3 is 1.97 bits per heavy atom. The summed E-state index contributed by atoms with van der Waals surface area (Å²) < 4.78 is 33.5. The van der Waals surface area contributed by atoms with Crippen molar-refractivity contribution in [2.75, 3.05) is 0 Å². The molecule has 0 spiro atoms. The van der Waals surface area contributed by atoms with Gasteiger partial charge in [-0.15, -0.1) is 0 Å². The van der Waals surface area contributed by atoms with Gasteiger partial charge in [-0.3, -0.25) is 4.98 Å². The van der Waals surface area contributed by atoms with E-state index in [9.17, 15) is 0 Å². The van der Waals surface area contributed by atoms with Gasteiger partial charge in [-0.25, -0.2) is 0 Å². The molecule has 38 heavy (non-hydrogen) atoms. The van der Waals surface area contributed by atoms with Crippen LogP contribution in [0.25, 0.3) is 5.47 Å². The zero-order chi connectivity index (χ0) is 28.1. The lowest BCUT2D eigenvalue weighted by Crippen LogP contribution is -2.41. The third-order valence-corrected chi connectivity index (χ3v) is 9.14. The number of hydrogen-bond donors (Lipinski definition) is 0. The lowest BCUT2D eigenvalue weighted by Gasteiger charge is -2.32. The van der Waals surface area contributed by atoms with E-state index in [2.05, 4.69) is 55.5 Å². The van der Waals surface area contributed by atoms with Crippen LogP contribution in [0.3, 0.4) is 0 Å². The minimum atomic E-state index is -0.668. The Bertz CT molecular complexity index is 1200. The van der Waals surface area contributed by atoms with Gasteiger partial charge in [0.25, 0.3) is 0 Å². The topological polar surface area (TPSA) is 59.0 Å². The Morgan fingerprint density at radius 1 is 0.895 bits per heavy atom. The van der Waals surface area contributed by atoms with E-state index in [0.717, 1.165) is 26.7 Å². The molecule has 0 aliphatic carbocycles. The van der Waals surface area contributed by atoms with E-state index < -0.39 is 36.6 Å². The first-order valence-corrected chi connectivity index (χ1v) is 14.2. The zero-order valence-corrected chi connectivity index (χ0v) is 26.1. The first kappa shape index (κ1) is 29.6. The maximum atomic E-state index is 6.59. The number of hydrogen-bond acceptors (Lipinski definition) is 6. The smallest absolute Gasteiger partial charge is 0.487 e. The van der Waals surface area contributed by atoms with Crippen LogP contribution in [0, 0.1) is 0 Å². The van der Waals surface area contributed by atoms with Crippen LogP contribution in [0.2, 0.25) is 5.02 Å². The van der Waals surface area contributed by atoms with Gasteiger partial charge < -0.3 is 23.4 Å². The normalized spacial score (nSPS) is 22.0. The van der Waals surface area contributed by atoms with Crippen molar-refractivity contribution < 1.29 is 23.4 Å². The highest BCUT2D eigenvalue weighted by Gasteiger charge is 2.57. The van der Waals surface area contributed by atoms with Gasteiger partial charge >= 0.3 is 14.2 Å². The summed E-state index contributed by atoms with van der Waals surface area (Å²) in [7, 11) is -1.24. The Kier molecular flexibility index (Phi) is 8.24. The molecule has 4 rings (SSSR count). The number of ether oxygens (including phenoxy) is 1. The Balaban J connectivity index is 1.85. The van der Waals surface area contributed by atoms with E-state index in [1.54, 1.807) is 6.20 Å². The molecule has 2 aromatic rings. The monoisotopic (exact) mass is 603 g/mol. The maximum absolute atomic E-state index is 6.59. The number of pyridine rings is 1. The Hall–Kier alpha value is -1.35. The fourth-order valence-electron chi connectivity index (χ4n) is 4.39. The molecule has 3 heterocycles. The fourth-order valence-corrected chi connectivity index (χ4v) is 4.92. The second-order valence-electron chi connectivity index (χ2n) is 11.8. The van der Waals surface area contributed by atoms with E-state index in [1.807, 2.05) is 58.0 Å². The molecule has 0 atom stereocenters. The summed E-state index contributed by atoms with van der Waals surface area (Å²) in [6.07, 6.45) is 2.40. The molecular formula is C28H37B2BrClNO5. The first-order chi connectivity index (χ1) is 17.6. The van der Waals surface area contributed by atoms with Crippen molar-refractivity contribution in [1.29, 1.82) is 0 Å². The molecule has 0 unspecified atom stereocenters. The van der Waals surface area contributed by atoms with E-state index in [4.69, 9.17) is 35.0 Å². The number of benzene rings is 1. The van der Waals surface area contributed by atoms with Crippen LogP contribution in [-0.4, -0.2) is 41.6 Å². The molecule has 10 heteroatoms. The van der Waals surface area contributed by atoms with Gasteiger partial charge in [0, 0.05) is 21.3 Å². The highest BCUT2D eigenvalue weighted by Crippen LogP contribution is 2.46. The molecule has 2 fully saturated rings. The molecule has 0 saturated carbocycles. The van der Waals surface area contributed by atoms with Crippen molar-refractivity contribution in [3.8, 4) is 5.75 Å². The highest BCUT2D eigenvalue weighted by atomic mass is 79.9. The average Bonchev–Trinajstić information content (AvgIpc) is 3.16. The van der Waals surface area contributed by atoms with Crippen LogP contribution in [0.4, 0.5) is 0 Å². The minimum absolute atomic E-state index is 0.253. The number of aromatic nitrogens is 1. The molecule has 204 valence electrons. The molecular weight excluding hydrogens is 567 g/mol. The van der Waals surface area contributed by atoms with E-state index in [-0.39, 0.29) is 6.61 Å². The van der Waals surface area contributed by atoms with E-state index in [1.165, 1.54) is 0 Å². The van der Waals surface area contributed by atoms with Crippen LogP contribution in [-0.2, 0) is 25.2 Å². The van der Waals surface area contributed by atoms with Gasteiger partial charge in [0.1, 0.15) is 12.4 Å². The molecule has 2 aliphatic heterocycles. The summed E-state index contributed by atoms with van der Waals surface area (Å²) in [4.78, 5) is 4.45. The lowest BCUT2D eigenvalue weighted by molar-refractivity contribution is 0.00578. The molecule has 2 saturated heterocycles. The molecule has 0 bridgehead atoms. The summed E-state index contributed by atoms with van der Waals surface area (Å²) in [6.45, 7) is 18.7.